The highest BCUT2D eigenvalue weighted by Crippen LogP contribution is 2.44. The van der Waals surface area contributed by atoms with Crippen LogP contribution in [0.3, 0.4) is 0 Å². The molecular formula is C18H24O2. The van der Waals surface area contributed by atoms with E-state index in [-0.39, 0.29) is 5.41 Å². The van der Waals surface area contributed by atoms with Gasteiger partial charge >= 0.3 is 5.97 Å². The number of rotatable bonds is 5. The van der Waals surface area contributed by atoms with E-state index in [0.29, 0.717) is 6.42 Å². The van der Waals surface area contributed by atoms with Crippen LogP contribution in [0.2, 0.25) is 0 Å². The van der Waals surface area contributed by atoms with Gasteiger partial charge in [-0.25, -0.2) is 0 Å². The van der Waals surface area contributed by atoms with Crippen LogP contribution in [-0.2, 0) is 24.1 Å². The Balaban J connectivity index is 1.66. The van der Waals surface area contributed by atoms with Crippen LogP contribution < -0.4 is 0 Å². The summed E-state index contributed by atoms with van der Waals surface area (Å²) < 4.78 is 0. The van der Waals surface area contributed by atoms with Crippen LogP contribution in [0.4, 0.5) is 0 Å². The Morgan fingerprint density at radius 2 is 1.85 bits per heavy atom. The third kappa shape index (κ3) is 2.89. The predicted molar refractivity (Wildman–Crippen MR) is 79.9 cm³/mol. The van der Waals surface area contributed by atoms with Crippen molar-refractivity contribution in [3.63, 3.8) is 0 Å². The number of benzene rings is 1. The molecule has 1 aromatic carbocycles. The molecule has 20 heavy (non-hydrogen) atoms. The van der Waals surface area contributed by atoms with Crippen molar-refractivity contribution in [1.82, 2.24) is 0 Å². The van der Waals surface area contributed by atoms with Crippen LogP contribution in [0.15, 0.2) is 18.2 Å². The molecule has 2 aliphatic carbocycles. The minimum absolute atomic E-state index is 0.0743. The van der Waals surface area contributed by atoms with Crippen molar-refractivity contribution in [3.05, 3.63) is 34.9 Å². The molecule has 1 N–H and O–H groups in total. The van der Waals surface area contributed by atoms with Gasteiger partial charge in [0.25, 0.3) is 0 Å². The van der Waals surface area contributed by atoms with Crippen molar-refractivity contribution in [2.75, 3.05) is 0 Å². The Hall–Kier alpha value is -1.31. The van der Waals surface area contributed by atoms with Gasteiger partial charge < -0.3 is 5.11 Å². The summed E-state index contributed by atoms with van der Waals surface area (Å²) in [4.78, 5) is 11.1. The quantitative estimate of drug-likeness (QED) is 0.874. The van der Waals surface area contributed by atoms with Crippen LogP contribution in [-0.4, -0.2) is 11.1 Å². The molecule has 1 saturated carbocycles. The number of carbonyl (C=O) groups is 1. The maximum Gasteiger partial charge on any atom is 0.303 e. The van der Waals surface area contributed by atoms with E-state index in [9.17, 15) is 4.79 Å². The molecule has 1 aromatic rings. The highest BCUT2D eigenvalue weighted by atomic mass is 16.4. The second-order valence-corrected chi connectivity index (χ2v) is 6.73. The van der Waals surface area contributed by atoms with Gasteiger partial charge in [0, 0.05) is 0 Å². The minimum Gasteiger partial charge on any atom is -0.481 e. The van der Waals surface area contributed by atoms with E-state index in [0.717, 1.165) is 25.7 Å². The first-order chi connectivity index (χ1) is 9.67. The Bertz CT molecular complexity index is 498. The molecule has 0 spiro atoms. The van der Waals surface area contributed by atoms with Gasteiger partial charge in [-0.3, -0.25) is 4.79 Å². The highest BCUT2D eigenvalue weighted by molar-refractivity contribution is 5.67. The molecule has 2 aliphatic rings. The molecule has 1 fully saturated rings. The summed E-state index contributed by atoms with van der Waals surface area (Å²) in [5.41, 5.74) is 4.53. The molecule has 2 nitrogen and oxygen atoms in total. The number of hydrogen-bond acceptors (Lipinski definition) is 1. The number of fused-ring (bicyclic) bond motifs is 1. The second-order valence-electron chi connectivity index (χ2n) is 6.73. The Kier molecular flexibility index (Phi) is 3.82. The van der Waals surface area contributed by atoms with Crippen molar-refractivity contribution < 1.29 is 9.90 Å². The van der Waals surface area contributed by atoms with Crippen molar-refractivity contribution >= 4 is 5.97 Å². The zero-order valence-corrected chi connectivity index (χ0v) is 12.2. The monoisotopic (exact) mass is 272 g/mol. The molecule has 0 aromatic heterocycles. The van der Waals surface area contributed by atoms with E-state index in [4.69, 9.17) is 5.11 Å². The lowest BCUT2D eigenvalue weighted by molar-refractivity contribution is -0.139. The third-order valence-corrected chi connectivity index (χ3v) is 5.30. The van der Waals surface area contributed by atoms with Crippen molar-refractivity contribution in [1.29, 1.82) is 0 Å². The number of carboxylic acid groups (broad SMARTS) is 1. The summed E-state index contributed by atoms with van der Waals surface area (Å²) in [5.74, 6) is -0.624. The normalized spacial score (nSPS) is 20.0. The van der Waals surface area contributed by atoms with Gasteiger partial charge in [-0.2, -0.15) is 0 Å². The molecule has 0 heterocycles. The minimum atomic E-state index is -0.624. The average molecular weight is 272 g/mol. The molecule has 0 bridgehead atoms. The molecule has 0 radical (unpaired) electrons. The maximum absolute atomic E-state index is 11.1. The summed E-state index contributed by atoms with van der Waals surface area (Å²) in [6.45, 7) is 0. The fraction of sp³-hybridized carbons (Fsp3) is 0.611. The Labute approximate surface area is 121 Å². The molecular weight excluding hydrogens is 248 g/mol. The first kappa shape index (κ1) is 13.7. The molecule has 108 valence electrons. The highest BCUT2D eigenvalue weighted by Gasteiger charge is 2.35. The van der Waals surface area contributed by atoms with Crippen molar-refractivity contribution in [3.8, 4) is 0 Å². The molecule has 0 aliphatic heterocycles. The molecule has 2 heteroatoms. The summed E-state index contributed by atoms with van der Waals surface area (Å²) in [7, 11) is 0. The van der Waals surface area contributed by atoms with Gasteiger partial charge in [0.2, 0.25) is 0 Å². The largest absolute Gasteiger partial charge is 0.481 e. The second kappa shape index (κ2) is 5.59. The summed E-state index contributed by atoms with van der Waals surface area (Å²) >= 11 is 0. The SMILES string of the molecule is O=C(O)CC1(CCc2ccc3c(c2)CCC3)CCCC1. The molecule has 3 rings (SSSR count). The lowest BCUT2D eigenvalue weighted by Crippen LogP contribution is -2.21. The molecule has 0 saturated heterocycles. The van der Waals surface area contributed by atoms with Gasteiger partial charge in [0.1, 0.15) is 0 Å². The van der Waals surface area contributed by atoms with Crippen molar-refractivity contribution in [2.45, 2.75) is 64.2 Å². The fourth-order valence-electron chi connectivity index (χ4n) is 4.15. The summed E-state index contributed by atoms with van der Waals surface area (Å²) in [5, 5.41) is 9.16. The van der Waals surface area contributed by atoms with Crippen LogP contribution in [0.25, 0.3) is 0 Å². The maximum atomic E-state index is 11.1. The lowest BCUT2D eigenvalue weighted by atomic mass is 9.77. The Morgan fingerprint density at radius 3 is 2.60 bits per heavy atom. The van der Waals surface area contributed by atoms with E-state index in [1.165, 1.54) is 48.8 Å². The predicted octanol–water partition coefficient (Wildman–Crippen LogP) is 4.14. The van der Waals surface area contributed by atoms with Gasteiger partial charge in [-0.1, -0.05) is 31.0 Å². The van der Waals surface area contributed by atoms with E-state index in [1.807, 2.05) is 0 Å². The van der Waals surface area contributed by atoms with E-state index in [1.54, 1.807) is 0 Å². The van der Waals surface area contributed by atoms with Gasteiger partial charge in [0.15, 0.2) is 0 Å². The average Bonchev–Trinajstić information content (AvgIpc) is 3.04. The van der Waals surface area contributed by atoms with Crippen molar-refractivity contribution in [2.24, 2.45) is 5.41 Å². The smallest absolute Gasteiger partial charge is 0.303 e. The molecule has 0 amide bonds. The number of hydrogen-bond donors (Lipinski definition) is 1. The summed E-state index contributed by atoms with van der Waals surface area (Å²) in [6, 6.07) is 6.91. The first-order valence-corrected chi connectivity index (χ1v) is 7.99. The van der Waals surface area contributed by atoms with Crippen LogP contribution in [0, 0.1) is 5.41 Å². The van der Waals surface area contributed by atoms with E-state index < -0.39 is 5.97 Å². The van der Waals surface area contributed by atoms with Gasteiger partial charge in [-0.15, -0.1) is 0 Å². The first-order valence-electron chi connectivity index (χ1n) is 7.99. The number of aryl methyl sites for hydroxylation is 3. The molecule has 0 unspecified atom stereocenters. The lowest BCUT2D eigenvalue weighted by Gasteiger charge is -2.27. The molecule has 0 atom stereocenters. The van der Waals surface area contributed by atoms with Crippen LogP contribution >= 0.6 is 0 Å². The zero-order valence-electron chi connectivity index (χ0n) is 12.2. The van der Waals surface area contributed by atoms with Gasteiger partial charge in [-0.05, 0) is 67.1 Å². The van der Waals surface area contributed by atoms with E-state index >= 15 is 0 Å². The van der Waals surface area contributed by atoms with Crippen LogP contribution in [0.1, 0.15) is 61.6 Å². The topological polar surface area (TPSA) is 37.3 Å². The standard InChI is InChI=1S/C18H24O2/c19-17(20)13-18(9-1-2-10-18)11-8-14-6-7-15-4-3-5-16(15)12-14/h6-7,12H,1-5,8-11,13H2,(H,19,20). The Morgan fingerprint density at radius 1 is 1.10 bits per heavy atom. The van der Waals surface area contributed by atoms with Gasteiger partial charge in [0.05, 0.1) is 6.42 Å². The number of carboxylic acids is 1. The van der Waals surface area contributed by atoms with Crippen LogP contribution in [0.5, 0.6) is 0 Å². The zero-order chi connectivity index (χ0) is 14.0. The number of aliphatic carboxylic acids is 1. The van der Waals surface area contributed by atoms with E-state index in [2.05, 4.69) is 18.2 Å². The summed E-state index contributed by atoms with van der Waals surface area (Å²) in [6.07, 6.45) is 10.8. The fourth-order valence-corrected chi connectivity index (χ4v) is 4.15. The third-order valence-electron chi connectivity index (χ3n) is 5.30.